The second-order valence-electron chi connectivity index (χ2n) is 17.0. The van der Waals surface area contributed by atoms with E-state index in [1.165, 1.54) is 23.9 Å². The summed E-state index contributed by atoms with van der Waals surface area (Å²) in [5, 5.41) is 13.3. The number of halogens is 2. The van der Waals surface area contributed by atoms with E-state index >= 15 is 0 Å². The van der Waals surface area contributed by atoms with E-state index in [-0.39, 0.29) is 23.8 Å². The zero-order chi connectivity index (χ0) is 39.5. The topological polar surface area (TPSA) is 169 Å². The largest absolute Gasteiger partial charge is 0.347 e. The van der Waals surface area contributed by atoms with E-state index in [1.54, 1.807) is 30.3 Å². The Morgan fingerprint density at radius 1 is 0.925 bits per heavy atom. The molecule has 3 aliphatic rings. The maximum atomic E-state index is 14.3. The molecule has 1 saturated heterocycles. The van der Waals surface area contributed by atoms with Gasteiger partial charge in [0, 0.05) is 32.6 Å². The lowest BCUT2D eigenvalue weighted by Gasteiger charge is -2.39. The fraction of sp³-hybridized carbons (Fsp3) is 0.684. The summed E-state index contributed by atoms with van der Waals surface area (Å²) in [7, 11) is 3.06. The molecule has 0 unspecified atom stereocenters. The van der Waals surface area contributed by atoms with E-state index in [9.17, 15) is 37.5 Å². The van der Waals surface area contributed by atoms with Crippen molar-refractivity contribution in [3.05, 3.63) is 35.9 Å². The number of amides is 7. The van der Waals surface area contributed by atoms with E-state index in [0.29, 0.717) is 5.56 Å². The Hall–Kier alpha value is -4.30. The number of rotatable bonds is 13. The van der Waals surface area contributed by atoms with Gasteiger partial charge in [0.1, 0.15) is 24.2 Å². The Bertz CT molecular complexity index is 1530. The highest BCUT2D eigenvalue weighted by molar-refractivity contribution is 5.97. The van der Waals surface area contributed by atoms with Crippen LogP contribution in [0.4, 0.5) is 13.6 Å². The van der Waals surface area contributed by atoms with Gasteiger partial charge >= 0.3 is 6.03 Å². The first-order chi connectivity index (χ1) is 24.7. The summed E-state index contributed by atoms with van der Waals surface area (Å²) in [5.41, 5.74) is -0.966. The van der Waals surface area contributed by atoms with Gasteiger partial charge in [0.15, 0.2) is 0 Å². The smallest absolute Gasteiger partial charge is 0.315 e. The van der Waals surface area contributed by atoms with Crippen LogP contribution in [-0.2, 0) is 24.0 Å². The van der Waals surface area contributed by atoms with Crippen LogP contribution in [0.1, 0.15) is 91.7 Å². The molecule has 0 radical (unpaired) electrons. The minimum atomic E-state index is -2.98. The van der Waals surface area contributed by atoms with Gasteiger partial charge in [0.25, 0.3) is 0 Å². The monoisotopic (exact) mass is 745 g/mol. The van der Waals surface area contributed by atoms with Gasteiger partial charge in [-0.2, -0.15) is 0 Å². The number of carbonyl (C=O) groups is 6. The number of alkyl halides is 2. The van der Waals surface area contributed by atoms with Crippen molar-refractivity contribution in [1.29, 1.82) is 0 Å². The Labute approximate surface area is 311 Å². The molecule has 13 nitrogen and oxygen atoms in total. The number of nitrogens with zero attached hydrogens (tertiary/aromatic N) is 2. The van der Waals surface area contributed by atoms with Crippen LogP contribution in [0.25, 0.3) is 0 Å². The molecule has 2 saturated carbocycles. The first-order valence-corrected chi connectivity index (χ1v) is 18.5. The molecule has 294 valence electrons. The van der Waals surface area contributed by atoms with E-state index in [1.807, 2.05) is 41.5 Å². The van der Waals surface area contributed by atoms with Crippen LogP contribution in [0.5, 0.6) is 0 Å². The summed E-state index contributed by atoms with van der Waals surface area (Å²) in [6.07, 6.45) is 0.715. The number of piperidine rings is 1. The number of hydrogen-bond donors (Lipinski definition) is 5. The van der Waals surface area contributed by atoms with E-state index in [0.717, 1.165) is 32.1 Å². The molecule has 1 aromatic rings. The maximum Gasteiger partial charge on any atom is 0.315 e. The molecule has 0 bridgehead atoms. The Balaban J connectivity index is 1.46. The molecule has 15 heteroatoms. The summed E-state index contributed by atoms with van der Waals surface area (Å²) < 4.78 is 27.6. The highest BCUT2D eigenvalue weighted by Crippen LogP contribution is 2.65. The number of likely N-dealkylation sites (tertiary alicyclic amines) is 1. The summed E-state index contributed by atoms with van der Waals surface area (Å²) in [6.45, 7) is 10.9. The predicted octanol–water partition coefficient (Wildman–Crippen LogP) is 3.11. The van der Waals surface area contributed by atoms with E-state index < -0.39 is 90.1 Å². The van der Waals surface area contributed by atoms with Crippen molar-refractivity contribution >= 4 is 35.6 Å². The first kappa shape index (κ1) is 41.5. The number of fused-ring (bicyclic) bond motifs is 1. The average molecular weight is 746 g/mol. The van der Waals surface area contributed by atoms with Crippen LogP contribution in [0.15, 0.2) is 30.3 Å². The Morgan fingerprint density at radius 3 is 2.11 bits per heavy atom. The molecule has 1 heterocycles. The van der Waals surface area contributed by atoms with Crippen molar-refractivity contribution in [2.75, 3.05) is 27.2 Å². The van der Waals surface area contributed by atoms with Crippen LogP contribution in [0, 0.1) is 22.7 Å². The maximum absolute atomic E-state index is 14.3. The quantitative estimate of drug-likeness (QED) is 0.208. The molecule has 2 aliphatic carbocycles. The molecule has 53 heavy (non-hydrogen) atoms. The Morgan fingerprint density at radius 2 is 1.55 bits per heavy atom. The van der Waals surface area contributed by atoms with Gasteiger partial charge in [-0.15, -0.1) is 0 Å². The van der Waals surface area contributed by atoms with Gasteiger partial charge in [0.05, 0.1) is 6.54 Å². The summed E-state index contributed by atoms with van der Waals surface area (Å²) in [4.78, 5) is 83.3. The van der Waals surface area contributed by atoms with Gasteiger partial charge in [-0.1, -0.05) is 84.2 Å². The normalized spacial score (nSPS) is 23.1. The SMILES string of the molecule is CN(C)C(=O)[C@@H](NC(=O)CNC(=O)[C@H](CC(F)F)NC(=O)[C@@H]1[C@@H]2[C@H](CN1C(=O)[C@@H](NC(=O)NC1(C)CCCCC1)C(C)(C)C)C2(C)C)c1ccccc1. The van der Waals surface area contributed by atoms with Crippen molar-refractivity contribution in [2.45, 2.75) is 116 Å². The molecule has 6 atom stereocenters. The molecule has 5 N–H and O–H groups in total. The van der Waals surface area contributed by atoms with E-state index in [2.05, 4.69) is 26.6 Å². The Kier molecular flexibility index (Phi) is 12.8. The molecule has 3 fully saturated rings. The zero-order valence-corrected chi connectivity index (χ0v) is 32.2. The number of hydrogen-bond acceptors (Lipinski definition) is 6. The summed E-state index contributed by atoms with van der Waals surface area (Å²) in [5.74, 6) is -3.78. The second-order valence-corrected chi connectivity index (χ2v) is 17.0. The fourth-order valence-corrected chi connectivity index (χ4v) is 7.89. The minimum absolute atomic E-state index is 0.0497. The lowest BCUT2D eigenvalue weighted by molar-refractivity contribution is -0.144. The van der Waals surface area contributed by atoms with Crippen molar-refractivity contribution in [3.63, 3.8) is 0 Å². The lowest BCUT2D eigenvalue weighted by atomic mass is 9.83. The number of benzene rings is 1. The van der Waals surface area contributed by atoms with Crippen LogP contribution in [-0.4, -0.2) is 103 Å². The number of urea groups is 1. The molecule has 7 amide bonds. The van der Waals surface area contributed by atoms with Crippen LogP contribution in [0.3, 0.4) is 0 Å². The molecule has 0 aromatic heterocycles. The molecule has 1 aliphatic heterocycles. The molecular formula is C38H57F2N7O6. The molecule has 0 spiro atoms. The standard InChI is InChI=1S/C38H57F2N7O6/c1-36(2,3)30(44-35(53)45-38(6)17-13-10-14-18-38)34(52)47-21-23-27(37(23,4)5)29(47)32(50)42-24(19-25(39)40)31(49)41-20-26(48)43-28(33(51)46(7)8)22-15-11-9-12-16-22/h9,11-12,15-16,23-25,27-30H,10,13-14,17-21H2,1-8H3,(H,41,49)(H,42,50)(H,43,48)(H2,44,45,53)/t23-,24-,27-,28-,29-,30+/m0/s1. The summed E-state index contributed by atoms with van der Waals surface area (Å²) in [6, 6.07) is 3.14. The van der Waals surface area contributed by atoms with Gasteiger partial charge in [-0.05, 0) is 48.0 Å². The fourth-order valence-electron chi connectivity index (χ4n) is 7.89. The van der Waals surface area contributed by atoms with Crippen LogP contribution >= 0.6 is 0 Å². The third kappa shape index (κ3) is 10.0. The van der Waals surface area contributed by atoms with Crippen molar-refractivity contribution in [1.82, 2.24) is 36.4 Å². The second kappa shape index (κ2) is 16.4. The summed E-state index contributed by atoms with van der Waals surface area (Å²) >= 11 is 0. The predicted molar refractivity (Wildman–Crippen MR) is 194 cm³/mol. The minimum Gasteiger partial charge on any atom is -0.347 e. The number of carbonyl (C=O) groups excluding carboxylic acids is 6. The van der Waals surface area contributed by atoms with Crippen LogP contribution < -0.4 is 26.6 Å². The number of nitrogens with one attached hydrogen (secondary N) is 5. The van der Waals surface area contributed by atoms with Crippen molar-refractivity contribution in [3.8, 4) is 0 Å². The molecule has 4 rings (SSSR count). The molecule has 1 aromatic carbocycles. The lowest BCUT2D eigenvalue weighted by Crippen LogP contribution is -2.62. The van der Waals surface area contributed by atoms with E-state index in [4.69, 9.17) is 0 Å². The van der Waals surface area contributed by atoms with Gasteiger partial charge < -0.3 is 36.4 Å². The third-order valence-corrected chi connectivity index (χ3v) is 11.1. The van der Waals surface area contributed by atoms with Crippen LogP contribution in [0.2, 0.25) is 0 Å². The first-order valence-electron chi connectivity index (χ1n) is 18.5. The zero-order valence-electron chi connectivity index (χ0n) is 32.2. The third-order valence-electron chi connectivity index (χ3n) is 11.1. The van der Waals surface area contributed by atoms with Gasteiger partial charge in [-0.25, -0.2) is 13.6 Å². The van der Waals surface area contributed by atoms with Crippen molar-refractivity contribution in [2.24, 2.45) is 22.7 Å². The highest BCUT2D eigenvalue weighted by atomic mass is 19.3. The average Bonchev–Trinajstić information content (AvgIpc) is 3.37. The molecular weight excluding hydrogens is 688 g/mol. The highest BCUT2D eigenvalue weighted by Gasteiger charge is 2.70. The number of likely N-dealkylation sites (N-methyl/N-ethyl adjacent to an activating group) is 1. The van der Waals surface area contributed by atoms with Gasteiger partial charge in [-0.3, -0.25) is 24.0 Å². The van der Waals surface area contributed by atoms with Gasteiger partial charge in [0.2, 0.25) is 36.0 Å². The van der Waals surface area contributed by atoms with Crippen molar-refractivity contribution < 1.29 is 37.5 Å².